The summed E-state index contributed by atoms with van der Waals surface area (Å²) in [6.45, 7) is 2.38. The zero-order valence-corrected chi connectivity index (χ0v) is 13.3. The van der Waals surface area contributed by atoms with E-state index in [1.54, 1.807) is 6.92 Å². The number of rotatable bonds is 4. The second kappa shape index (κ2) is 6.60. The van der Waals surface area contributed by atoms with Crippen molar-refractivity contribution in [2.45, 2.75) is 44.0 Å². The maximum Gasteiger partial charge on any atom is 0.263 e. The SMILES string of the molecule is CC1(O)CCCN(S(=O)(=O)Cc2ccc(C(F)F)cc2)CC1. The highest BCUT2D eigenvalue weighted by Gasteiger charge is 2.30. The van der Waals surface area contributed by atoms with Gasteiger partial charge in [-0.3, -0.25) is 0 Å². The smallest absolute Gasteiger partial charge is 0.263 e. The molecule has 0 spiro atoms. The van der Waals surface area contributed by atoms with Crippen molar-refractivity contribution < 1.29 is 22.3 Å². The molecule has 2 rings (SSSR count). The van der Waals surface area contributed by atoms with Gasteiger partial charge in [-0.05, 0) is 31.7 Å². The van der Waals surface area contributed by atoms with E-state index in [0.717, 1.165) is 0 Å². The Morgan fingerprint density at radius 1 is 1.23 bits per heavy atom. The largest absolute Gasteiger partial charge is 0.390 e. The number of alkyl halides is 2. The van der Waals surface area contributed by atoms with E-state index in [1.165, 1.54) is 28.6 Å². The van der Waals surface area contributed by atoms with Gasteiger partial charge in [-0.2, -0.15) is 0 Å². The van der Waals surface area contributed by atoms with Crippen LogP contribution in [0.5, 0.6) is 0 Å². The van der Waals surface area contributed by atoms with Crippen molar-refractivity contribution in [3.8, 4) is 0 Å². The lowest BCUT2D eigenvalue weighted by molar-refractivity contribution is 0.0465. The number of sulfonamides is 1. The molecule has 0 radical (unpaired) electrons. The van der Waals surface area contributed by atoms with Gasteiger partial charge in [0.05, 0.1) is 11.4 Å². The van der Waals surface area contributed by atoms with Crippen molar-refractivity contribution >= 4 is 10.0 Å². The van der Waals surface area contributed by atoms with Crippen molar-refractivity contribution in [1.29, 1.82) is 0 Å². The molecule has 1 saturated heterocycles. The molecule has 1 unspecified atom stereocenters. The van der Waals surface area contributed by atoms with Gasteiger partial charge in [-0.1, -0.05) is 24.3 Å². The summed E-state index contributed by atoms with van der Waals surface area (Å²) in [5.74, 6) is -0.210. The summed E-state index contributed by atoms with van der Waals surface area (Å²) in [6, 6.07) is 5.35. The summed E-state index contributed by atoms with van der Waals surface area (Å²) >= 11 is 0. The molecule has 0 saturated carbocycles. The first-order chi connectivity index (χ1) is 10.2. The normalized spacial score (nSPS) is 24.4. The molecular formula is C15H21F2NO3S. The summed E-state index contributed by atoms with van der Waals surface area (Å²) in [5.41, 5.74) is -0.462. The molecule has 0 amide bonds. The van der Waals surface area contributed by atoms with Crippen LogP contribution < -0.4 is 0 Å². The van der Waals surface area contributed by atoms with Crippen molar-refractivity contribution in [1.82, 2.24) is 4.31 Å². The minimum atomic E-state index is -3.51. The third-order valence-electron chi connectivity index (χ3n) is 4.00. The van der Waals surface area contributed by atoms with Crippen LogP contribution in [0, 0.1) is 0 Å². The number of halogens is 2. The van der Waals surface area contributed by atoms with E-state index < -0.39 is 22.0 Å². The zero-order valence-electron chi connectivity index (χ0n) is 12.5. The third kappa shape index (κ3) is 4.47. The number of aliphatic hydroxyl groups is 1. The van der Waals surface area contributed by atoms with Crippen LogP contribution in [-0.2, 0) is 15.8 Å². The lowest BCUT2D eigenvalue weighted by Crippen LogP contribution is -2.34. The number of hydrogen-bond donors (Lipinski definition) is 1. The number of hydrogen-bond acceptors (Lipinski definition) is 3. The molecule has 0 aliphatic carbocycles. The second-order valence-electron chi connectivity index (χ2n) is 6.05. The highest BCUT2D eigenvalue weighted by Crippen LogP contribution is 2.25. The summed E-state index contributed by atoms with van der Waals surface area (Å²) in [6.07, 6.45) is -0.978. The van der Waals surface area contributed by atoms with Crippen LogP contribution in [0.4, 0.5) is 8.78 Å². The van der Waals surface area contributed by atoms with E-state index in [9.17, 15) is 22.3 Å². The van der Waals surface area contributed by atoms with Gasteiger partial charge in [0.1, 0.15) is 0 Å². The van der Waals surface area contributed by atoms with Crippen LogP contribution in [0.1, 0.15) is 43.7 Å². The predicted molar refractivity (Wildman–Crippen MR) is 80.1 cm³/mol. The van der Waals surface area contributed by atoms with Crippen molar-refractivity contribution in [3.05, 3.63) is 35.4 Å². The van der Waals surface area contributed by atoms with E-state index >= 15 is 0 Å². The van der Waals surface area contributed by atoms with Crippen molar-refractivity contribution in [2.75, 3.05) is 13.1 Å². The topological polar surface area (TPSA) is 57.6 Å². The molecule has 1 N–H and O–H groups in total. The fourth-order valence-electron chi connectivity index (χ4n) is 2.58. The molecule has 1 aliphatic rings. The lowest BCUT2D eigenvalue weighted by Gasteiger charge is -2.22. The molecule has 1 fully saturated rings. The Kier molecular flexibility index (Phi) is 5.19. The molecule has 1 atom stereocenters. The second-order valence-corrected chi connectivity index (χ2v) is 8.02. The van der Waals surface area contributed by atoms with Crippen LogP contribution >= 0.6 is 0 Å². The Morgan fingerprint density at radius 2 is 1.86 bits per heavy atom. The predicted octanol–water partition coefficient (Wildman–Crippen LogP) is 2.69. The number of nitrogens with zero attached hydrogens (tertiary/aromatic N) is 1. The molecule has 0 bridgehead atoms. The Labute approximate surface area is 129 Å². The Hall–Kier alpha value is -1.05. The molecule has 0 aromatic heterocycles. The van der Waals surface area contributed by atoms with Gasteiger partial charge in [-0.15, -0.1) is 0 Å². The molecular weight excluding hydrogens is 312 g/mol. The average molecular weight is 333 g/mol. The van der Waals surface area contributed by atoms with Gasteiger partial charge in [-0.25, -0.2) is 21.5 Å². The standard InChI is InChI=1S/C15H21F2NO3S/c1-15(19)7-2-9-18(10-8-15)22(20,21)11-12-3-5-13(6-4-12)14(16)17/h3-6,14,19H,2,7-11H2,1H3. The molecule has 7 heteroatoms. The molecule has 4 nitrogen and oxygen atoms in total. The third-order valence-corrected chi connectivity index (χ3v) is 5.85. The summed E-state index contributed by atoms with van der Waals surface area (Å²) in [5, 5.41) is 10.0. The fourth-order valence-corrected chi connectivity index (χ4v) is 4.15. The number of benzene rings is 1. The highest BCUT2D eigenvalue weighted by atomic mass is 32.2. The summed E-state index contributed by atoms with van der Waals surface area (Å²) in [4.78, 5) is 0. The molecule has 1 aromatic carbocycles. The maximum atomic E-state index is 12.5. The minimum Gasteiger partial charge on any atom is -0.390 e. The van der Waals surface area contributed by atoms with Gasteiger partial charge in [0.25, 0.3) is 6.43 Å². The van der Waals surface area contributed by atoms with E-state index in [1.807, 2.05) is 0 Å². The van der Waals surface area contributed by atoms with Gasteiger partial charge >= 0.3 is 0 Å². The Bertz CT molecular complexity index is 600. The van der Waals surface area contributed by atoms with E-state index in [2.05, 4.69) is 0 Å². The van der Waals surface area contributed by atoms with Crippen LogP contribution in [0.3, 0.4) is 0 Å². The van der Waals surface area contributed by atoms with E-state index in [0.29, 0.717) is 31.4 Å². The van der Waals surface area contributed by atoms with Crippen LogP contribution in [0.15, 0.2) is 24.3 Å². The maximum absolute atomic E-state index is 12.5. The Morgan fingerprint density at radius 3 is 2.45 bits per heavy atom. The molecule has 1 aliphatic heterocycles. The van der Waals surface area contributed by atoms with Crippen LogP contribution in [0.2, 0.25) is 0 Å². The van der Waals surface area contributed by atoms with E-state index in [4.69, 9.17) is 0 Å². The summed E-state index contributed by atoms with van der Waals surface area (Å²) in [7, 11) is -3.51. The molecule has 1 heterocycles. The first-order valence-electron chi connectivity index (χ1n) is 7.27. The quantitative estimate of drug-likeness (QED) is 0.922. The lowest BCUT2D eigenvalue weighted by atomic mass is 9.98. The van der Waals surface area contributed by atoms with Gasteiger partial charge < -0.3 is 5.11 Å². The van der Waals surface area contributed by atoms with Gasteiger partial charge in [0.2, 0.25) is 10.0 Å². The Balaban J connectivity index is 2.07. The molecule has 22 heavy (non-hydrogen) atoms. The van der Waals surface area contributed by atoms with Crippen LogP contribution in [0.25, 0.3) is 0 Å². The molecule has 1 aromatic rings. The first-order valence-corrected chi connectivity index (χ1v) is 8.88. The minimum absolute atomic E-state index is 0.119. The fraction of sp³-hybridized carbons (Fsp3) is 0.600. The van der Waals surface area contributed by atoms with Crippen molar-refractivity contribution in [2.24, 2.45) is 0 Å². The van der Waals surface area contributed by atoms with Gasteiger partial charge in [0, 0.05) is 18.7 Å². The highest BCUT2D eigenvalue weighted by molar-refractivity contribution is 7.88. The monoisotopic (exact) mass is 333 g/mol. The average Bonchev–Trinajstić information content (AvgIpc) is 2.60. The van der Waals surface area contributed by atoms with E-state index in [-0.39, 0.29) is 17.9 Å². The summed E-state index contributed by atoms with van der Waals surface area (Å²) < 4.78 is 51.2. The van der Waals surface area contributed by atoms with Crippen LogP contribution in [-0.4, -0.2) is 36.5 Å². The molecule has 124 valence electrons. The van der Waals surface area contributed by atoms with Crippen molar-refractivity contribution in [3.63, 3.8) is 0 Å². The zero-order chi connectivity index (χ0) is 16.4. The first kappa shape index (κ1) is 17.3. The van der Waals surface area contributed by atoms with Gasteiger partial charge in [0.15, 0.2) is 0 Å².